The molecule has 1 amide bonds. The molecule has 1 unspecified atom stereocenters. The second-order valence-corrected chi connectivity index (χ2v) is 4.90. The van der Waals surface area contributed by atoms with Crippen molar-refractivity contribution in [2.75, 3.05) is 26.3 Å². The van der Waals surface area contributed by atoms with E-state index in [2.05, 4.69) is 5.32 Å². The molecule has 0 saturated carbocycles. The van der Waals surface area contributed by atoms with Crippen molar-refractivity contribution in [2.45, 2.75) is 19.5 Å². The van der Waals surface area contributed by atoms with E-state index in [1.54, 1.807) is 11.8 Å². The summed E-state index contributed by atoms with van der Waals surface area (Å²) in [6.07, 6.45) is 0. The monoisotopic (exact) mass is 302 g/mol. The molecule has 0 spiro atoms. The van der Waals surface area contributed by atoms with Gasteiger partial charge in [-0.3, -0.25) is 4.79 Å². The van der Waals surface area contributed by atoms with Crippen molar-refractivity contribution in [1.29, 1.82) is 0 Å². The number of morpholine rings is 1. The lowest BCUT2D eigenvalue weighted by Crippen LogP contribution is -2.49. The van der Waals surface area contributed by atoms with Crippen molar-refractivity contribution < 1.29 is 22.7 Å². The van der Waals surface area contributed by atoms with Crippen LogP contribution in [0.1, 0.15) is 12.5 Å². The van der Waals surface area contributed by atoms with Crippen molar-refractivity contribution in [2.24, 2.45) is 0 Å². The van der Waals surface area contributed by atoms with E-state index in [9.17, 15) is 18.0 Å². The molecule has 1 aromatic rings. The number of halogens is 3. The first kappa shape index (κ1) is 15.8. The lowest BCUT2D eigenvalue weighted by molar-refractivity contribution is -0.137. The summed E-state index contributed by atoms with van der Waals surface area (Å²) in [7, 11) is 0. The maximum Gasteiger partial charge on any atom is 0.239 e. The Morgan fingerprint density at radius 1 is 1.24 bits per heavy atom. The van der Waals surface area contributed by atoms with Crippen LogP contribution in [0.5, 0.6) is 0 Å². The lowest BCUT2D eigenvalue weighted by atomic mass is 10.1. The Kier molecular flexibility index (Phi) is 5.19. The fraction of sp³-hybridized carbons (Fsp3) is 0.500. The van der Waals surface area contributed by atoms with Crippen LogP contribution in [0.2, 0.25) is 0 Å². The Morgan fingerprint density at radius 3 is 2.52 bits per heavy atom. The minimum Gasteiger partial charge on any atom is -0.378 e. The highest BCUT2D eigenvalue weighted by atomic mass is 19.2. The maximum atomic E-state index is 13.5. The van der Waals surface area contributed by atoms with Crippen LogP contribution in [0, 0.1) is 17.5 Å². The van der Waals surface area contributed by atoms with Gasteiger partial charge in [-0.15, -0.1) is 0 Å². The number of nitrogens with zero attached hydrogens (tertiary/aromatic N) is 1. The molecular weight excluding hydrogens is 285 g/mol. The number of hydrogen-bond donors (Lipinski definition) is 1. The summed E-state index contributed by atoms with van der Waals surface area (Å²) in [6, 6.07) is 0.750. The number of carbonyl (C=O) groups excluding carboxylic acids is 1. The normalized spacial score (nSPS) is 16.9. The van der Waals surface area contributed by atoms with Crippen molar-refractivity contribution in [3.05, 3.63) is 35.1 Å². The van der Waals surface area contributed by atoms with Crippen molar-refractivity contribution in [3.8, 4) is 0 Å². The Morgan fingerprint density at radius 2 is 1.86 bits per heavy atom. The summed E-state index contributed by atoms with van der Waals surface area (Å²) in [5, 5.41) is 2.82. The summed E-state index contributed by atoms with van der Waals surface area (Å²) in [5.74, 6) is -3.30. The largest absolute Gasteiger partial charge is 0.378 e. The molecule has 1 aliphatic heterocycles. The van der Waals surface area contributed by atoms with Gasteiger partial charge in [-0.05, 0) is 13.0 Å². The third-order valence-corrected chi connectivity index (χ3v) is 3.38. The van der Waals surface area contributed by atoms with Crippen molar-refractivity contribution >= 4 is 5.91 Å². The van der Waals surface area contributed by atoms with E-state index in [0.29, 0.717) is 32.4 Å². The Hall–Kier alpha value is -1.60. The molecule has 7 heteroatoms. The molecule has 0 aromatic heterocycles. The molecule has 1 saturated heterocycles. The van der Waals surface area contributed by atoms with E-state index < -0.39 is 23.5 Å². The summed E-state index contributed by atoms with van der Waals surface area (Å²) < 4.78 is 44.5. The molecule has 1 heterocycles. The first-order valence-corrected chi connectivity index (χ1v) is 6.72. The lowest BCUT2D eigenvalue weighted by Gasteiger charge is -2.29. The van der Waals surface area contributed by atoms with Gasteiger partial charge < -0.3 is 15.0 Å². The van der Waals surface area contributed by atoms with Gasteiger partial charge >= 0.3 is 0 Å². The van der Waals surface area contributed by atoms with E-state index in [1.807, 2.05) is 0 Å². The quantitative estimate of drug-likeness (QED) is 0.856. The minimum absolute atomic E-state index is 0.0180. The average Bonchev–Trinajstić information content (AvgIpc) is 2.49. The second-order valence-electron chi connectivity index (χ2n) is 4.90. The van der Waals surface area contributed by atoms with Crippen LogP contribution < -0.4 is 5.32 Å². The first-order chi connectivity index (χ1) is 9.99. The van der Waals surface area contributed by atoms with E-state index in [1.165, 1.54) is 0 Å². The molecule has 0 bridgehead atoms. The third kappa shape index (κ3) is 3.95. The molecule has 2 rings (SSSR count). The molecule has 1 aromatic carbocycles. The zero-order valence-electron chi connectivity index (χ0n) is 11.7. The molecule has 0 radical (unpaired) electrons. The highest BCUT2D eigenvalue weighted by Gasteiger charge is 2.22. The number of amides is 1. The van der Waals surface area contributed by atoms with Gasteiger partial charge in [-0.1, -0.05) is 0 Å². The summed E-state index contributed by atoms with van der Waals surface area (Å²) in [4.78, 5) is 13.8. The van der Waals surface area contributed by atoms with Gasteiger partial charge in [-0.25, -0.2) is 13.2 Å². The van der Waals surface area contributed by atoms with Crippen LogP contribution >= 0.6 is 0 Å². The van der Waals surface area contributed by atoms with Crippen LogP contribution in [0.4, 0.5) is 13.2 Å². The topological polar surface area (TPSA) is 41.6 Å². The molecule has 116 valence electrons. The smallest absolute Gasteiger partial charge is 0.239 e. The molecule has 0 aliphatic carbocycles. The van der Waals surface area contributed by atoms with Crippen molar-refractivity contribution in [3.63, 3.8) is 0 Å². The Bertz CT molecular complexity index is 519. The second kappa shape index (κ2) is 6.91. The first-order valence-electron chi connectivity index (χ1n) is 6.72. The van der Waals surface area contributed by atoms with Crippen LogP contribution in [-0.2, 0) is 16.1 Å². The van der Waals surface area contributed by atoms with Gasteiger partial charge in [0.1, 0.15) is 5.82 Å². The minimum atomic E-state index is -1.23. The molecule has 4 nitrogen and oxygen atoms in total. The predicted octanol–water partition coefficient (Wildman–Crippen LogP) is 1.44. The zero-order chi connectivity index (χ0) is 15.4. The van der Waals surface area contributed by atoms with Crippen LogP contribution in [-0.4, -0.2) is 43.2 Å². The number of nitrogens with one attached hydrogen (secondary N) is 1. The van der Waals surface area contributed by atoms with Crippen LogP contribution in [0.15, 0.2) is 12.1 Å². The van der Waals surface area contributed by atoms with Gasteiger partial charge in [0.05, 0.1) is 19.3 Å². The Labute approximate surface area is 120 Å². The fourth-order valence-electron chi connectivity index (χ4n) is 2.11. The van der Waals surface area contributed by atoms with E-state index in [0.717, 1.165) is 6.07 Å². The zero-order valence-corrected chi connectivity index (χ0v) is 11.7. The molecule has 1 fully saturated rings. The van der Waals surface area contributed by atoms with Crippen molar-refractivity contribution in [1.82, 2.24) is 10.2 Å². The van der Waals surface area contributed by atoms with Gasteiger partial charge in [-0.2, -0.15) is 0 Å². The highest BCUT2D eigenvalue weighted by molar-refractivity contribution is 5.81. The molecule has 1 aliphatic rings. The van der Waals surface area contributed by atoms with E-state index in [-0.39, 0.29) is 18.0 Å². The molecule has 1 atom stereocenters. The summed E-state index contributed by atoms with van der Waals surface area (Å²) in [6.45, 7) is 3.62. The van der Waals surface area contributed by atoms with Gasteiger partial charge in [0.15, 0.2) is 11.6 Å². The maximum absolute atomic E-state index is 13.5. The number of benzene rings is 1. The van der Waals surface area contributed by atoms with Gasteiger partial charge in [0, 0.05) is 31.3 Å². The average molecular weight is 302 g/mol. The third-order valence-electron chi connectivity index (χ3n) is 3.38. The van der Waals surface area contributed by atoms with E-state index >= 15 is 0 Å². The SMILES string of the molecule is CC(NCc1cc(F)c(F)cc1F)C(=O)N1CCOCC1. The fourth-order valence-corrected chi connectivity index (χ4v) is 2.11. The predicted molar refractivity (Wildman–Crippen MR) is 70.0 cm³/mol. The molecule has 1 N–H and O–H groups in total. The van der Waals surface area contributed by atoms with Crippen LogP contribution in [0.25, 0.3) is 0 Å². The number of rotatable bonds is 4. The summed E-state index contributed by atoms with van der Waals surface area (Å²) >= 11 is 0. The van der Waals surface area contributed by atoms with Gasteiger partial charge in [0.25, 0.3) is 0 Å². The highest BCUT2D eigenvalue weighted by Crippen LogP contribution is 2.13. The molecular formula is C14H17F3N2O2. The summed E-state index contributed by atoms with van der Waals surface area (Å²) in [5.41, 5.74) is -0.0180. The van der Waals surface area contributed by atoms with E-state index in [4.69, 9.17) is 4.74 Å². The molecule has 21 heavy (non-hydrogen) atoms. The van der Waals surface area contributed by atoms with Gasteiger partial charge in [0.2, 0.25) is 5.91 Å². The number of carbonyl (C=O) groups is 1. The Balaban J connectivity index is 1.92. The standard InChI is InChI=1S/C14H17F3N2O2/c1-9(14(20)19-2-4-21-5-3-19)18-8-10-6-12(16)13(17)7-11(10)15/h6-7,9,18H,2-5,8H2,1H3. The van der Waals surface area contributed by atoms with Crippen LogP contribution in [0.3, 0.4) is 0 Å². The number of ether oxygens (including phenoxy) is 1. The number of hydrogen-bond acceptors (Lipinski definition) is 3.